The van der Waals surface area contributed by atoms with Crippen LogP contribution in [0, 0.1) is 7.40 Å². The SMILES string of the molecule is FC(F)Oc1ccc(I)nc1Br.Oc1ccc(I)nc1Br.Oc1cccnc1Br. The molecule has 0 fully saturated rings. The van der Waals surface area contributed by atoms with Crippen molar-refractivity contribution >= 4 is 93.0 Å². The maximum atomic E-state index is 11.7. The van der Waals surface area contributed by atoms with E-state index in [0.717, 1.165) is 3.70 Å². The molecule has 6 nitrogen and oxygen atoms in total. The Morgan fingerprint density at radius 2 is 1.38 bits per heavy atom. The van der Waals surface area contributed by atoms with Gasteiger partial charge in [-0.25, -0.2) is 15.0 Å². The molecule has 3 heterocycles. The zero-order chi connectivity index (χ0) is 22.0. The summed E-state index contributed by atoms with van der Waals surface area (Å²) >= 11 is 13.2. The van der Waals surface area contributed by atoms with Gasteiger partial charge in [0.25, 0.3) is 0 Å². The van der Waals surface area contributed by atoms with Gasteiger partial charge < -0.3 is 14.9 Å². The summed E-state index contributed by atoms with van der Waals surface area (Å²) in [6, 6.07) is 9.59. The number of pyridine rings is 3. The van der Waals surface area contributed by atoms with Gasteiger partial charge in [0.15, 0.2) is 5.75 Å². The van der Waals surface area contributed by atoms with E-state index in [9.17, 15) is 8.78 Å². The van der Waals surface area contributed by atoms with E-state index >= 15 is 0 Å². The van der Waals surface area contributed by atoms with E-state index in [4.69, 9.17) is 10.2 Å². The van der Waals surface area contributed by atoms with Gasteiger partial charge in [-0.05, 0) is 129 Å². The molecule has 29 heavy (non-hydrogen) atoms. The van der Waals surface area contributed by atoms with Crippen LogP contribution < -0.4 is 4.74 Å². The minimum absolute atomic E-state index is 0.0467. The van der Waals surface area contributed by atoms with Crippen LogP contribution in [0.4, 0.5) is 8.78 Å². The third-order valence-electron chi connectivity index (χ3n) is 2.53. The van der Waals surface area contributed by atoms with E-state index in [1.165, 1.54) is 6.07 Å². The fourth-order valence-corrected chi connectivity index (χ4v) is 3.86. The van der Waals surface area contributed by atoms with Crippen LogP contribution in [-0.2, 0) is 0 Å². The maximum absolute atomic E-state index is 11.7. The second-order valence-corrected chi connectivity index (χ2v) is 9.02. The number of alkyl halides is 2. The van der Waals surface area contributed by atoms with Crippen LogP contribution in [0.15, 0.2) is 56.4 Å². The van der Waals surface area contributed by atoms with Gasteiger partial charge in [0.1, 0.15) is 32.7 Å². The largest absolute Gasteiger partial charge is 0.505 e. The van der Waals surface area contributed by atoms with Crippen molar-refractivity contribution < 1.29 is 23.7 Å². The molecule has 0 aliphatic carbocycles. The Bertz CT molecular complexity index is 922. The van der Waals surface area contributed by atoms with E-state index in [1.807, 2.05) is 22.6 Å². The normalized spacial score (nSPS) is 9.79. The monoisotopic (exact) mass is 821 g/mol. The lowest BCUT2D eigenvalue weighted by Crippen LogP contribution is -2.03. The first-order valence-electron chi connectivity index (χ1n) is 7.17. The van der Waals surface area contributed by atoms with Gasteiger partial charge in [0.05, 0.1) is 0 Å². The van der Waals surface area contributed by atoms with Gasteiger partial charge >= 0.3 is 6.61 Å². The second kappa shape index (κ2) is 13.8. The zero-order valence-corrected chi connectivity index (χ0v) is 23.0. The Morgan fingerprint density at radius 1 is 0.828 bits per heavy atom. The Labute approximate surface area is 217 Å². The highest BCUT2D eigenvalue weighted by molar-refractivity contribution is 14.1. The number of halogens is 7. The first kappa shape index (κ1) is 26.6. The molecule has 0 radical (unpaired) electrons. The molecule has 3 aromatic heterocycles. The van der Waals surface area contributed by atoms with E-state index < -0.39 is 6.61 Å². The van der Waals surface area contributed by atoms with E-state index in [-0.39, 0.29) is 21.9 Å². The average Bonchev–Trinajstić information content (AvgIpc) is 2.64. The fraction of sp³-hybridized carbons (Fsp3) is 0.0625. The summed E-state index contributed by atoms with van der Waals surface area (Å²) in [6.45, 7) is -2.82. The summed E-state index contributed by atoms with van der Waals surface area (Å²) in [6.07, 6.45) is 1.60. The lowest BCUT2D eigenvalue weighted by atomic mass is 10.5. The summed E-state index contributed by atoms with van der Waals surface area (Å²) in [7, 11) is 0. The molecule has 0 atom stereocenters. The number of rotatable bonds is 2. The van der Waals surface area contributed by atoms with Crippen LogP contribution in [0.3, 0.4) is 0 Å². The van der Waals surface area contributed by atoms with Crippen molar-refractivity contribution in [1.82, 2.24) is 15.0 Å². The topological polar surface area (TPSA) is 88.4 Å². The molecule has 3 aromatic rings. The molecule has 0 spiro atoms. The number of nitrogens with zero attached hydrogens (tertiary/aromatic N) is 3. The molecule has 0 bridgehead atoms. The smallest absolute Gasteiger partial charge is 0.387 e. The summed E-state index contributed by atoms with van der Waals surface area (Å²) in [5, 5.41) is 17.7. The highest BCUT2D eigenvalue weighted by Gasteiger charge is 2.08. The summed E-state index contributed by atoms with van der Waals surface area (Å²) < 4.78 is 30.4. The number of hydrogen-bond donors (Lipinski definition) is 2. The molecule has 0 unspecified atom stereocenters. The molecule has 0 amide bonds. The number of hydrogen-bond acceptors (Lipinski definition) is 6. The van der Waals surface area contributed by atoms with Crippen molar-refractivity contribution in [2.75, 3.05) is 0 Å². The third-order valence-corrected chi connectivity index (χ3v) is 5.50. The van der Waals surface area contributed by atoms with Gasteiger partial charge in [0, 0.05) is 6.20 Å². The second-order valence-electron chi connectivity index (χ2n) is 4.56. The minimum Gasteiger partial charge on any atom is -0.505 e. The van der Waals surface area contributed by atoms with Crippen LogP contribution in [-0.4, -0.2) is 31.8 Å². The molecular formula is C16H10Br3F2I2N3O3. The number of aromatic hydroxyl groups is 2. The van der Waals surface area contributed by atoms with Crippen molar-refractivity contribution in [3.63, 3.8) is 0 Å². The van der Waals surface area contributed by atoms with Crippen LogP contribution >= 0.6 is 93.0 Å². The Morgan fingerprint density at radius 3 is 1.79 bits per heavy atom. The molecule has 0 aliphatic rings. The van der Waals surface area contributed by atoms with E-state index in [1.54, 1.807) is 36.5 Å². The van der Waals surface area contributed by atoms with Crippen LogP contribution in [0.25, 0.3) is 0 Å². The van der Waals surface area contributed by atoms with E-state index in [0.29, 0.717) is 12.9 Å². The van der Waals surface area contributed by atoms with Gasteiger partial charge in [-0.1, -0.05) is 0 Å². The highest BCUT2D eigenvalue weighted by Crippen LogP contribution is 2.24. The van der Waals surface area contributed by atoms with Crippen molar-refractivity contribution in [3.05, 3.63) is 63.8 Å². The average molecular weight is 824 g/mol. The molecule has 0 aliphatic heterocycles. The molecule has 3 rings (SSSR count). The van der Waals surface area contributed by atoms with Crippen LogP contribution in [0.5, 0.6) is 17.2 Å². The van der Waals surface area contributed by atoms with E-state index in [2.05, 4.69) is 90.1 Å². The third kappa shape index (κ3) is 11.0. The molecule has 0 saturated carbocycles. The minimum atomic E-state index is -2.82. The first-order valence-corrected chi connectivity index (χ1v) is 11.7. The van der Waals surface area contributed by atoms with Crippen molar-refractivity contribution in [2.24, 2.45) is 0 Å². The molecule has 0 saturated heterocycles. The Balaban J connectivity index is 0.000000223. The molecule has 0 aromatic carbocycles. The van der Waals surface area contributed by atoms with Gasteiger partial charge in [-0.3, -0.25) is 0 Å². The standard InChI is InChI=1S/C6H3BrF2INO.C5H3BrINO.C5H4BrNO/c7-5-3(12-6(8)9)1-2-4(10)11-5;6-5-3(9)1-2-4(7)8-5;6-5-4(8)2-1-3-7-5/h1-2,6H;1-2,9H;1-3,8H. The molecular weight excluding hydrogens is 814 g/mol. The summed E-state index contributed by atoms with van der Waals surface area (Å²) in [5.41, 5.74) is 0. The summed E-state index contributed by atoms with van der Waals surface area (Å²) in [5.74, 6) is 0.397. The Kier molecular flexibility index (Phi) is 12.7. The Hall–Kier alpha value is -0.390. The van der Waals surface area contributed by atoms with Crippen LogP contribution in [0.1, 0.15) is 0 Å². The quantitative estimate of drug-likeness (QED) is 0.220. The maximum Gasteiger partial charge on any atom is 0.387 e. The van der Waals surface area contributed by atoms with Crippen molar-refractivity contribution in [2.45, 2.75) is 6.61 Å². The zero-order valence-electron chi connectivity index (χ0n) is 13.9. The predicted octanol–water partition coefficient (Wildman–Crippen LogP) is 6.75. The highest BCUT2D eigenvalue weighted by atomic mass is 127. The molecule has 156 valence electrons. The number of aromatic nitrogens is 3. The predicted molar refractivity (Wildman–Crippen MR) is 131 cm³/mol. The van der Waals surface area contributed by atoms with Crippen LogP contribution in [0.2, 0.25) is 0 Å². The first-order chi connectivity index (χ1) is 13.6. The van der Waals surface area contributed by atoms with Crippen molar-refractivity contribution in [1.29, 1.82) is 0 Å². The van der Waals surface area contributed by atoms with Gasteiger partial charge in [0.2, 0.25) is 0 Å². The molecule has 13 heteroatoms. The van der Waals surface area contributed by atoms with Gasteiger partial charge in [-0.15, -0.1) is 0 Å². The molecule has 2 N–H and O–H groups in total. The van der Waals surface area contributed by atoms with Crippen molar-refractivity contribution in [3.8, 4) is 17.2 Å². The van der Waals surface area contributed by atoms with Gasteiger partial charge in [-0.2, -0.15) is 8.78 Å². The lowest BCUT2D eigenvalue weighted by molar-refractivity contribution is -0.0506. The number of ether oxygens (including phenoxy) is 1. The fourth-order valence-electron chi connectivity index (χ4n) is 1.37. The lowest BCUT2D eigenvalue weighted by Gasteiger charge is -2.05. The summed E-state index contributed by atoms with van der Waals surface area (Å²) in [4.78, 5) is 11.5.